The van der Waals surface area contributed by atoms with Crippen molar-refractivity contribution in [1.29, 1.82) is 0 Å². The Morgan fingerprint density at radius 2 is 2.23 bits per heavy atom. The van der Waals surface area contributed by atoms with Crippen LogP contribution in [0.2, 0.25) is 0 Å². The summed E-state index contributed by atoms with van der Waals surface area (Å²) in [4.78, 5) is 14.7. The quantitative estimate of drug-likeness (QED) is 0.899. The van der Waals surface area contributed by atoms with Gasteiger partial charge in [-0.2, -0.15) is 0 Å². The number of pyridine rings is 1. The van der Waals surface area contributed by atoms with E-state index in [-0.39, 0.29) is 6.54 Å². The second-order valence-electron chi connectivity index (χ2n) is 4.97. The van der Waals surface area contributed by atoms with Crippen LogP contribution in [0.5, 0.6) is 0 Å². The lowest BCUT2D eigenvalue weighted by atomic mass is 10.2. The Labute approximate surface area is 134 Å². The maximum atomic E-state index is 12.9. The van der Waals surface area contributed by atoms with Gasteiger partial charge >= 0.3 is 0 Å². The fraction of sp³-hybridized carbons (Fsp3) is 0.357. The molecule has 1 aliphatic rings. The van der Waals surface area contributed by atoms with Crippen LogP contribution in [0.15, 0.2) is 35.2 Å². The molecule has 0 radical (unpaired) electrons. The third-order valence-corrected chi connectivity index (χ3v) is 3.87. The van der Waals surface area contributed by atoms with E-state index in [1.54, 1.807) is 24.7 Å². The van der Waals surface area contributed by atoms with E-state index in [0.717, 1.165) is 10.0 Å². The normalized spacial score (nSPS) is 18.7. The number of nitrogens with zero attached hydrogens (tertiary/aromatic N) is 4. The average Bonchev–Trinajstić information content (AvgIpc) is 2.55. The predicted octanol–water partition coefficient (Wildman–Crippen LogP) is 2.34. The van der Waals surface area contributed by atoms with E-state index < -0.39 is 12.5 Å². The molecule has 116 valence electrons. The number of anilines is 1. The van der Waals surface area contributed by atoms with Crippen LogP contribution in [0.4, 0.5) is 14.6 Å². The summed E-state index contributed by atoms with van der Waals surface area (Å²) in [7, 11) is 0. The molecule has 0 aliphatic carbocycles. The van der Waals surface area contributed by atoms with Crippen LogP contribution < -0.4 is 10.2 Å². The minimum absolute atomic E-state index is 0.227. The molecule has 5 nitrogen and oxygen atoms in total. The van der Waals surface area contributed by atoms with E-state index in [1.165, 1.54) is 0 Å². The van der Waals surface area contributed by atoms with Gasteiger partial charge in [-0.05, 0) is 28.1 Å². The third kappa shape index (κ3) is 3.38. The van der Waals surface area contributed by atoms with Crippen molar-refractivity contribution in [3.63, 3.8) is 0 Å². The van der Waals surface area contributed by atoms with E-state index in [9.17, 15) is 8.78 Å². The van der Waals surface area contributed by atoms with E-state index in [4.69, 9.17) is 0 Å². The Kier molecular flexibility index (Phi) is 4.58. The van der Waals surface area contributed by atoms with Crippen LogP contribution >= 0.6 is 15.9 Å². The molecule has 1 atom stereocenters. The lowest BCUT2D eigenvalue weighted by Crippen LogP contribution is -2.54. The van der Waals surface area contributed by atoms with Crippen LogP contribution in [0, 0.1) is 0 Å². The van der Waals surface area contributed by atoms with Crippen molar-refractivity contribution < 1.29 is 8.78 Å². The summed E-state index contributed by atoms with van der Waals surface area (Å²) in [5.41, 5.74) is 0.775. The molecule has 1 N–H and O–H groups in total. The van der Waals surface area contributed by atoms with E-state index in [2.05, 4.69) is 36.2 Å². The van der Waals surface area contributed by atoms with Gasteiger partial charge in [0.1, 0.15) is 5.82 Å². The molecule has 2 aromatic heterocycles. The van der Waals surface area contributed by atoms with Crippen LogP contribution in [-0.4, -0.2) is 47.1 Å². The van der Waals surface area contributed by atoms with Gasteiger partial charge in [-0.15, -0.1) is 0 Å². The van der Waals surface area contributed by atoms with Gasteiger partial charge in [-0.25, -0.2) is 18.7 Å². The number of aromatic nitrogens is 3. The Bertz CT molecular complexity index is 655. The van der Waals surface area contributed by atoms with E-state index in [1.807, 2.05) is 11.0 Å². The standard InChI is InChI=1S/C14H14BrF2N5/c15-10-5-9(6-18-7-10)14-20-2-1-12(21-14)22-4-3-19-11(8-22)13(16)17/h1-2,5-7,11,13,19H,3-4,8H2. The van der Waals surface area contributed by atoms with Crippen molar-refractivity contribution in [2.75, 3.05) is 24.5 Å². The molecule has 0 saturated carbocycles. The molecule has 1 aliphatic heterocycles. The lowest BCUT2D eigenvalue weighted by Gasteiger charge is -2.34. The van der Waals surface area contributed by atoms with Crippen LogP contribution in [-0.2, 0) is 0 Å². The fourth-order valence-electron chi connectivity index (χ4n) is 2.35. The minimum Gasteiger partial charge on any atom is -0.353 e. The molecular formula is C14H14BrF2N5. The zero-order valence-electron chi connectivity index (χ0n) is 11.6. The SMILES string of the molecule is FC(F)C1CN(c2ccnc(-c3cncc(Br)c3)n2)CCN1. The number of alkyl halides is 2. The van der Waals surface area contributed by atoms with Crippen molar-refractivity contribution in [2.24, 2.45) is 0 Å². The first kappa shape index (κ1) is 15.2. The number of nitrogens with one attached hydrogen (secondary N) is 1. The molecular weight excluding hydrogens is 356 g/mol. The highest BCUT2D eigenvalue weighted by molar-refractivity contribution is 9.10. The van der Waals surface area contributed by atoms with Gasteiger partial charge in [0.15, 0.2) is 5.82 Å². The highest BCUT2D eigenvalue weighted by Gasteiger charge is 2.27. The van der Waals surface area contributed by atoms with Crippen LogP contribution in [0.25, 0.3) is 11.4 Å². The predicted molar refractivity (Wildman–Crippen MR) is 83.0 cm³/mol. The Morgan fingerprint density at radius 1 is 1.36 bits per heavy atom. The van der Waals surface area contributed by atoms with Gasteiger partial charge in [0.05, 0.1) is 6.04 Å². The van der Waals surface area contributed by atoms with Crippen molar-refractivity contribution in [3.05, 3.63) is 35.2 Å². The molecule has 0 aromatic carbocycles. The highest BCUT2D eigenvalue weighted by Crippen LogP contribution is 2.21. The number of rotatable bonds is 3. The number of hydrogen-bond donors (Lipinski definition) is 1. The first-order valence-corrected chi connectivity index (χ1v) is 7.63. The minimum atomic E-state index is -2.39. The topological polar surface area (TPSA) is 53.9 Å². The molecule has 2 aromatic rings. The lowest BCUT2D eigenvalue weighted by molar-refractivity contribution is 0.0957. The molecule has 1 fully saturated rings. The van der Waals surface area contributed by atoms with Gasteiger partial charge < -0.3 is 10.2 Å². The molecule has 8 heteroatoms. The number of piperazine rings is 1. The van der Waals surface area contributed by atoms with Gasteiger partial charge in [0, 0.05) is 48.3 Å². The van der Waals surface area contributed by atoms with Gasteiger partial charge in [-0.1, -0.05) is 0 Å². The molecule has 22 heavy (non-hydrogen) atoms. The summed E-state index contributed by atoms with van der Waals surface area (Å²) in [6.45, 7) is 1.37. The van der Waals surface area contributed by atoms with Gasteiger partial charge in [0.25, 0.3) is 6.43 Å². The fourth-order valence-corrected chi connectivity index (χ4v) is 2.72. The average molecular weight is 370 g/mol. The molecule has 3 heterocycles. The zero-order valence-corrected chi connectivity index (χ0v) is 13.2. The summed E-state index contributed by atoms with van der Waals surface area (Å²) < 4.78 is 26.6. The molecule has 0 spiro atoms. The molecule has 0 amide bonds. The largest absolute Gasteiger partial charge is 0.353 e. The third-order valence-electron chi connectivity index (χ3n) is 3.44. The summed E-state index contributed by atoms with van der Waals surface area (Å²) in [6.07, 6.45) is 2.59. The maximum absolute atomic E-state index is 12.9. The van der Waals surface area contributed by atoms with Crippen molar-refractivity contribution in [3.8, 4) is 11.4 Å². The first-order valence-electron chi connectivity index (χ1n) is 6.84. The van der Waals surface area contributed by atoms with Gasteiger partial charge in [0.2, 0.25) is 0 Å². The molecule has 1 unspecified atom stereocenters. The van der Waals surface area contributed by atoms with E-state index >= 15 is 0 Å². The van der Waals surface area contributed by atoms with Crippen LogP contribution in [0.1, 0.15) is 0 Å². The Morgan fingerprint density at radius 3 is 3.00 bits per heavy atom. The first-order chi connectivity index (χ1) is 10.6. The molecule has 3 rings (SSSR count). The summed E-state index contributed by atoms with van der Waals surface area (Å²) in [5, 5.41) is 2.82. The van der Waals surface area contributed by atoms with Crippen molar-refractivity contribution in [1.82, 2.24) is 20.3 Å². The highest BCUT2D eigenvalue weighted by atomic mass is 79.9. The summed E-state index contributed by atoms with van der Waals surface area (Å²) >= 11 is 3.36. The molecule has 1 saturated heterocycles. The van der Waals surface area contributed by atoms with Crippen LogP contribution in [0.3, 0.4) is 0 Å². The van der Waals surface area contributed by atoms with Crippen molar-refractivity contribution in [2.45, 2.75) is 12.5 Å². The number of hydrogen-bond acceptors (Lipinski definition) is 5. The Balaban J connectivity index is 1.85. The van der Waals surface area contributed by atoms with E-state index in [0.29, 0.717) is 24.7 Å². The summed E-state index contributed by atoms with van der Waals surface area (Å²) in [5.74, 6) is 1.18. The smallest absolute Gasteiger partial charge is 0.255 e. The van der Waals surface area contributed by atoms with Gasteiger partial charge in [-0.3, -0.25) is 4.98 Å². The monoisotopic (exact) mass is 369 g/mol. The second kappa shape index (κ2) is 6.62. The summed E-state index contributed by atoms with van der Waals surface area (Å²) in [6, 6.07) is 2.77. The van der Waals surface area contributed by atoms with Crippen molar-refractivity contribution >= 4 is 21.7 Å². The maximum Gasteiger partial charge on any atom is 0.255 e. The zero-order chi connectivity index (χ0) is 15.5. The second-order valence-corrected chi connectivity index (χ2v) is 5.89. The number of halogens is 3. The molecule has 0 bridgehead atoms. The Hall–Kier alpha value is -1.67.